The Balaban J connectivity index is 1.28. The minimum Gasteiger partial charge on any atom is -0.489 e. The molecule has 3 heterocycles. The molecular formula is C33H26N6O6S2. The molecule has 1 saturated heterocycles. The number of esters is 1. The van der Waals surface area contributed by atoms with E-state index in [0.717, 1.165) is 22.5 Å². The van der Waals surface area contributed by atoms with Crippen LogP contribution in [-0.4, -0.2) is 51.4 Å². The summed E-state index contributed by atoms with van der Waals surface area (Å²) in [6.45, 7) is -0.0411. The van der Waals surface area contributed by atoms with E-state index in [9.17, 15) is 19.3 Å². The number of benzene rings is 3. The van der Waals surface area contributed by atoms with Crippen LogP contribution in [0.5, 0.6) is 5.75 Å². The molecule has 4 aromatic rings. The molecule has 3 N–H and O–H groups in total. The van der Waals surface area contributed by atoms with Crippen molar-refractivity contribution in [1.29, 1.82) is 5.26 Å². The summed E-state index contributed by atoms with van der Waals surface area (Å²) in [7, 11) is 0. The molecule has 2 unspecified atom stereocenters. The van der Waals surface area contributed by atoms with Crippen LogP contribution in [0.4, 0.5) is 5.13 Å². The summed E-state index contributed by atoms with van der Waals surface area (Å²) in [5, 5.41) is 15.6. The number of carbonyl (C=O) groups excluding carboxylic acids is 3. The number of rotatable bonds is 11. The van der Waals surface area contributed by atoms with Crippen molar-refractivity contribution in [2.75, 3.05) is 18.1 Å². The number of ether oxygens (including phenoxy) is 2. The number of aromatic nitrogens is 1. The molecule has 6 rings (SSSR count). The van der Waals surface area contributed by atoms with Crippen LogP contribution in [0, 0.1) is 16.2 Å². The van der Waals surface area contributed by atoms with Gasteiger partial charge in [-0.05, 0) is 40.6 Å². The number of hydrogen-bond donors (Lipinski definition) is 2. The molecule has 14 heteroatoms. The Morgan fingerprint density at radius 3 is 2.30 bits per heavy atom. The zero-order chi connectivity index (χ0) is 32.9. The van der Waals surface area contributed by atoms with Gasteiger partial charge in [-0.1, -0.05) is 60.7 Å². The fraction of sp³-hybridized carbons (Fsp3) is 0.182. The van der Waals surface area contributed by atoms with Crippen molar-refractivity contribution in [1.82, 2.24) is 15.2 Å². The standard InChI is InChI=1S/C33H26N6O6S2/c34-15-19-11-13-23(14-12-19)44-16-22-17-46-31-26(37-29(40)25(38-43)24-18-47-33(35)36-24)30(41)39(31)27(22)32(42)45-28(20-7-3-1-4-8-20)21-9-5-2-6-10-21/h1-14,18,25-26,28,31H,16-17H2,(H2,35,36)(H,37,40)/t25?,26?,31-/m0/s1. The number of nitrogens with two attached hydrogens (primary N) is 1. The van der Waals surface area contributed by atoms with Gasteiger partial charge in [0.25, 0.3) is 11.8 Å². The minimum atomic E-state index is -1.49. The highest BCUT2D eigenvalue weighted by molar-refractivity contribution is 8.00. The summed E-state index contributed by atoms with van der Waals surface area (Å²) in [6.07, 6.45) is -0.775. The van der Waals surface area contributed by atoms with E-state index in [4.69, 9.17) is 20.5 Å². The third-order valence-corrected chi connectivity index (χ3v) is 9.57. The lowest BCUT2D eigenvalue weighted by Gasteiger charge is -2.49. The van der Waals surface area contributed by atoms with Gasteiger partial charge in [0.2, 0.25) is 6.04 Å². The molecule has 3 atom stereocenters. The fourth-order valence-electron chi connectivity index (χ4n) is 5.22. The number of thiazole rings is 1. The molecular weight excluding hydrogens is 641 g/mol. The molecule has 0 radical (unpaired) electrons. The molecule has 2 amide bonds. The van der Waals surface area contributed by atoms with Crippen LogP contribution in [0.15, 0.2) is 107 Å². The maximum atomic E-state index is 14.1. The highest BCUT2D eigenvalue weighted by atomic mass is 32.2. The quantitative estimate of drug-likeness (QED) is 0.132. The summed E-state index contributed by atoms with van der Waals surface area (Å²) in [4.78, 5) is 57.7. The summed E-state index contributed by atoms with van der Waals surface area (Å²) in [5.74, 6) is -1.36. The number of carbonyl (C=O) groups is 3. The second kappa shape index (κ2) is 13.9. The number of thioether (sulfide) groups is 1. The van der Waals surface area contributed by atoms with Gasteiger partial charge >= 0.3 is 5.97 Å². The zero-order valence-electron chi connectivity index (χ0n) is 24.5. The van der Waals surface area contributed by atoms with E-state index in [2.05, 4.69) is 21.5 Å². The molecule has 1 aromatic heterocycles. The molecule has 3 aromatic carbocycles. The largest absolute Gasteiger partial charge is 0.489 e. The van der Waals surface area contributed by atoms with E-state index < -0.39 is 41.3 Å². The smallest absolute Gasteiger partial charge is 0.356 e. The minimum absolute atomic E-state index is 0.0205. The molecule has 0 saturated carbocycles. The van der Waals surface area contributed by atoms with Crippen LogP contribution >= 0.6 is 23.1 Å². The molecule has 2 aliphatic heterocycles. The van der Waals surface area contributed by atoms with Crippen molar-refractivity contribution in [2.24, 2.45) is 5.18 Å². The molecule has 1 fully saturated rings. The lowest BCUT2D eigenvalue weighted by atomic mass is 10.0. The van der Waals surface area contributed by atoms with Gasteiger partial charge in [-0.15, -0.1) is 28.0 Å². The lowest BCUT2D eigenvalue weighted by molar-refractivity contribution is -0.154. The van der Waals surface area contributed by atoms with Crippen molar-refractivity contribution in [2.45, 2.75) is 23.6 Å². The number of β-lactam (4-membered cyclic amide) rings is 1. The topological polar surface area (TPSA) is 177 Å². The summed E-state index contributed by atoms with van der Waals surface area (Å²) >= 11 is 2.39. The average Bonchev–Trinajstić information content (AvgIpc) is 3.54. The number of nitrogens with zero attached hydrogens (tertiary/aromatic N) is 4. The number of anilines is 1. The predicted molar refractivity (Wildman–Crippen MR) is 175 cm³/mol. The van der Waals surface area contributed by atoms with E-state index in [1.54, 1.807) is 24.3 Å². The first-order chi connectivity index (χ1) is 22.9. The van der Waals surface area contributed by atoms with E-state index >= 15 is 0 Å². The number of nitrogen functional groups attached to an aromatic ring is 1. The first-order valence-corrected chi connectivity index (χ1v) is 16.2. The number of fused-ring (bicyclic) bond motifs is 1. The van der Waals surface area contributed by atoms with Crippen LogP contribution < -0.4 is 15.8 Å². The molecule has 0 spiro atoms. The molecule has 236 valence electrons. The molecule has 12 nitrogen and oxygen atoms in total. The Hall–Kier alpha value is -5.52. The molecule has 0 aliphatic carbocycles. The number of amides is 2. The second-order valence-electron chi connectivity index (χ2n) is 10.5. The summed E-state index contributed by atoms with van der Waals surface area (Å²) < 4.78 is 12.1. The number of nitriles is 1. The lowest BCUT2D eigenvalue weighted by Crippen LogP contribution is -2.71. The first kappa shape index (κ1) is 31.5. The average molecular weight is 667 g/mol. The summed E-state index contributed by atoms with van der Waals surface area (Å²) in [5.41, 5.74) is 8.20. The van der Waals surface area contributed by atoms with Crippen molar-refractivity contribution in [3.8, 4) is 11.8 Å². The molecule has 0 bridgehead atoms. The van der Waals surface area contributed by atoms with Crippen LogP contribution in [0.2, 0.25) is 0 Å². The van der Waals surface area contributed by atoms with Crippen LogP contribution in [-0.2, 0) is 19.1 Å². The Morgan fingerprint density at radius 1 is 1.06 bits per heavy atom. The predicted octanol–water partition coefficient (Wildman–Crippen LogP) is 4.47. The first-order valence-electron chi connectivity index (χ1n) is 14.3. The van der Waals surface area contributed by atoms with Gasteiger partial charge < -0.3 is 20.5 Å². The van der Waals surface area contributed by atoms with Crippen molar-refractivity contribution in [3.63, 3.8) is 0 Å². The van der Waals surface area contributed by atoms with Crippen molar-refractivity contribution in [3.05, 3.63) is 129 Å². The summed E-state index contributed by atoms with van der Waals surface area (Å²) in [6, 6.07) is 24.5. The van der Waals surface area contributed by atoms with E-state index in [0.29, 0.717) is 16.9 Å². The second-order valence-corrected chi connectivity index (χ2v) is 12.5. The molecule has 47 heavy (non-hydrogen) atoms. The normalized spacial score (nSPS) is 17.6. The maximum absolute atomic E-state index is 14.1. The number of hydrogen-bond acceptors (Lipinski definition) is 12. The number of nitroso groups, excluding NO2 is 1. The monoisotopic (exact) mass is 666 g/mol. The fourth-order valence-corrected chi connectivity index (χ4v) is 7.13. The molecule has 2 aliphatic rings. The van der Waals surface area contributed by atoms with Crippen molar-refractivity contribution >= 4 is 46.0 Å². The third kappa shape index (κ3) is 6.57. The number of nitrogens with one attached hydrogen (secondary N) is 1. The highest BCUT2D eigenvalue weighted by Crippen LogP contribution is 2.42. The Morgan fingerprint density at radius 2 is 1.72 bits per heavy atom. The highest BCUT2D eigenvalue weighted by Gasteiger charge is 2.55. The Bertz CT molecular complexity index is 1840. The SMILES string of the molecule is N#Cc1ccc(OCC2=C(C(=O)OC(c3ccccc3)c3ccccc3)N3C(=O)C(NC(=O)C(N=O)c4csc(N)n4)[C@@H]3SC2)cc1. The van der Waals surface area contributed by atoms with Gasteiger partial charge in [0, 0.05) is 16.7 Å². The van der Waals surface area contributed by atoms with Gasteiger partial charge in [0.1, 0.15) is 29.5 Å². The van der Waals surface area contributed by atoms with Crippen LogP contribution in [0.25, 0.3) is 0 Å². The van der Waals surface area contributed by atoms with Gasteiger partial charge in [-0.25, -0.2) is 9.78 Å². The van der Waals surface area contributed by atoms with Gasteiger partial charge in [0.15, 0.2) is 11.2 Å². The van der Waals surface area contributed by atoms with E-state index in [-0.39, 0.29) is 28.9 Å². The van der Waals surface area contributed by atoms with Crippen LogP contribution in [0.1, 0.15) is 34.5 Å². The maximum Gasteiger partial charge on any atom is 0.356 e. The van der Waals surface area contributed by atoms with Crippen molar-refractivity contribution < 1.29 is 23.9 Å². The van der Waals surface area contributed by atoms with Gasteiger partial charge in [-0.3, -0.25) is 14.5 Å². The van der Waals surface area contributed by atoms with Gasteiger partial charge in [0.05, 0.1) is 17.3 Å². The van der Waals surface area contributed by atoms with E-state index in [1.165, 1.54) is 22.0 Å². The third-order valence-electron chi connectivity index (χ3n) is 7.54. The zero-order valence-corrected chi connectivity index (χ0v) is 26.1. The van der Waals surface area contributed by atoms with E-state index in [1.807, 2.05) is 60.7 Å². The van der Waals surface area contributed by atoms with Gasteiger partial charge in [-0.2, -0.15) is 5.26 Å². The Kier molecular flexibility index (Phi) is 9.28. The van der Waals surface area contributed by atoms with Crippen LogP contribution in [0.3, 0.4) is 0 Å². The Labute approximate surface area is 277 Å².